The van der Waals surface area contributed by atoms with Gasteiger partial charge in [-0.05, 0) is 38.7 Å². The van der Waals surface area contributed by atoms with E-state index in [0.717, 1.165) is 18.6 Å². The molecule has 1 amide bonds. The van der Waals surface area contributed by atoms with E-state index in [9.17, 15) is 9.90 Å². The molecule has 16 heavy (non-hydrogen) atoms. The van der Waals surface area contributed by atoms with Crippen LogP contribution in [0.2, 0.25) is 0 Å². The first-order valence-electron chi connectivity index (χ1n) is 5.53. The third-order valence-corrected chi connectivity index (χ3v) is 5.21. The summed E-state index contributed by atoms with van der Waals surface area (Å²) in [6, 6.07) is 0. The van der Waals surface area contributed by atoms with Gasteiger partial charge in [0.05, 0.1) is 10.3 Å². The van der Waals surface area contributed by atoms with E-state index in [1.54, 1.807) is 30.4 Å². The first-order chi connectivity index (χ1) is 7.40. The standard InChI is InChI=1S/C11H21NO2S2/c1-10(14,8-15-3)7-12-9(13)11(2)5-4-6-16-11/h14H,4-8H2,1-3H3,(H,12,13). The van der Waals surface area contributed by atoms with Crippen molar-refractivity contribution in [3.63, 3.8) is 0 Å². The maximum absolute atomic E-state index is 12.0. The SMILES string of the molecule is CSCC(C)(O)CNC(=O)C1(C)CCCS1. The molecular formula is C11H21NO2S2. The van der Waals surface area contributed by atoms with E-state index < -0.39 is 5.60 Å². The largest absolute Gasteiger partial charge is 0.387 e. The Bertz CT molecular complexity index is 250. The van der Waals surface area contributed by atoms with Crippen LogP contribution in [-0.4, -0.2) is 45.7 Å². The fourth-order valence-electron chi connectivity index (χ4n) is 1.78. The molecule has 2 N–H and O–H groups in total. The molecule has 0 radical (unpaired) electrons. The van der Waals surface area contributed by atoms with Crippen LogP contribution in [0.4, 0.5) is 0 Å². The van der Waals surface area contributed by atoms with Gasteiger partial charge in [0, 0.05) is 12.3 Å². The summed E-state index contributed by atoms with van der Waals surface area (Å²) >= 11 is 3.30. The molecule has 94 valence electrons. The van der Waals surface area contributed by atoms with Crippen LogP contribution in [-0.2, 0) is 4.79 Å². The van der Waals surface area contributed by atoms with Crippen molar-refractivity contribution in [3.8, 4) is 0 Å². The quantitative estimate of drug-likeness (QED) is 0.789. The van der Waals surface area contributed by atoms with Crippen molar-refractivity contribution >= 4 is 29.4 Å². The Morgan fingerprint density at radius 1 is 1.69 bits per heavy atom. The van der Waals surface area contributed by atoms with E-state index in [1.807, 2.05) is 13.2 Å². The summed E-state index contributed by atoms with van der Waals surface area (Å²) in [5, 5.41) is 12.8. The number of rotatable bonds is 5. The van der Waals surface area contributed by atoms with Crippen molar-refractivity contribution in [2.45, 2.75) is 37.0 Å². The summed E-state index contributed by atoms with van der Waals surface area (Å²) in [6.07, 6.45) is 3.99. The average molecular weight is 263 g/mol. The third kappa shape index (κ3) is 3.86. The molecule has 1 aliphatic rings. The Labute approximate surface area is 106 Å². The molecule has 1 rings (SSSR count). The summed E-state index contributed by atoms with van der Waals surface area (Å²) in [6.45, 7) is 4.08. The monoisotopic (exact) mass is 263 g/mol. The lowest BCUT2D eigenvalue weighted by Gasteiger charge is -2.26. The Morgan fingerprint density at radius 2 is 2.38 bits per heavy atom. The van der Waals surface area contributed by atoms with Gasteiger partial charge in [0.15, 0.2) is 0 Å². The summed E-state index contributed by atoms with van der Waals surface area (Å²) in [4.78, 5) is 12.0. The fourth-order valence-corrected chi connectivity index (χ4v) is 3.73. The minimum Gasteiger partial charge on any atom is -0.387 e. The van der Waals surface area contributed by atoms with Gasteiger partial charge in [-0.2, -0.15) is 11.8 Å². The van der Waals surface area contributed by atoms with Crippen molar-refractivity contribution in [2.75, 3.05) is 24.3 Å². The van der Waals surface area contributed by atoms with Gasteiger partial charge < -0.3 is 10.4 Å². The van der Waals surface area contributed by atoms with Gasteiger partial charge in [0.25, 0.3) is 0 Å². The maximum Gasteiger partial charge on any atom is 0.236 e. The van der Waals surface area contributed by atoms with E-state index in [4.69, 9.17) is 0 Å². The van der Waals surface area contributed by atoms with Crippen LogP contribution in [0.3, 0.4) is 0 Å². The molecule has 5 heteroatoms. The highest BCUT2D eigenvalue weighted by molar-refractivity contribution is 8.01. The Hall–Kier alpha value is 0.130. The highest BCUT2D eigenvalue weighted by Crippen LogP contribution is 2.37. The van der Waals surface area contributed by atoms with Gasteiger partial charge in [-0.3, -0.25) is 4.79 Å². The molecule has 2 unspecified atom stereocenters. The lowest BCUT2D eigenvalue weighted by Crippen LogP contribution is -2.48. The Balaban J connectivity index is 2.40. The van der Waals surface area contributed by atoms with Crippen molar-refractivity contribution < 1.29 is 9.90 Å². The molecule has 1 aliphatic heterocycles. The number of thioether (sulfide) groups is 2. The van der Waals surface area contributed by atoms with Gasteiger partial charge in [0.1, 0.15) is 0 Å². The van der Waals surface area contributed by atoms with Crippen LogP contribution >= 0.6 is 23.5 Å². The topological polar surface area (TPSA) is 49.3 Å². The molecule has 0 spiro atoms. The summed E-state index contributed by atoms with van der Waals surface area (Å²) in [5.74, 6) is 1.76. The first kappa shape index (κ1) is 14.2. The Kier molecular flexibility index (Phi) is 5.01. The summed E-state index contributed by atoms with van der Waals surface area (Å²) in [7, 11) is 0. The van der Waals surface area contributed by atoms with Crippen LogP contribution in [0, 0.1) is 0 Å². The molecule has 1 fully saturated rings. The number of nitrogens with one attached hydrogen (secondary N) is 1. The van der Waals surface area contributed by atoms with Crippen molar-refractivity contribution in [3.05, 3.63) is 0 Å². The second kappa shape index (κ2) is 5.65. The molecule has 0 aromatic rings. The Morgan fingerprint density at radius 3 is 2.88 bits per heavy atom. The zero-order valence-electron chi connectivity index (χ0n) is 10.2. The zero-order valence-corrected chi connectivity index (χ0v) is 11.8. The highest BCUT2D eigenvalue weighted by atomic mass is 32.2. The molecule has 0 bridgehead atoms. The lowest BCUT2D eigenvalue weighted by molar-refractivity contribution is -0.124. The van der Waals surface area contributed by atoms with Crippen LogP contribution in [0.1, 0.15) is 26.7 Å². The zero-order chi connectivity index (χ0) is 12.2. The average Bonchev–Trinajstić information content (AvgIpc) is 2.63. The second-order valence-corrected chi connectivity index (χ2v) is 7.26. The molecule has 2 atom stereocenters. The third-order valence-electron chi connectivity index (χ3n) is 2.78. The number of carbonyl (C=O) groups is 1. The van der Waals surface area contributed by atoms with Crippen molar-refractivity contribution in [1.29, 1.82) is 0 Å². The minimum absolute atomic E-state index is 0.0661. The van der Waals surface area contributed by atoms with Gasteiger partial charge in [0.2, 0.25) is 5.91 Å². The van der Waals surface area contributed by atoms with Gasteiger partial charge in [-0.25, -0.2) is 0 Å². The summed E-state index contributed by atoms with van der Waals surface area (Å²) < 4.78 is -0.282. The lowest BCUT2D eigenvalue weighted by atomic mass is 10.0. The molecular weight excluding hydrogens is 242 g/mol. The fraction of sp³-hybridized carbons (Fsp3) is 0.909. The van der Waals surface area contributed by atoms with Crippen LogP contribution in [0.5, 0.6) is 0 Å². The summed E-state index contributed by atoms with van der Waals surface area (Å²) in [5.41, 5.74) is -0.811. The molecule has 0 aromatic carbocycles. The number of aliphatic hydroxyl groups is 1. The number of hydrogen-bond acceptors (Lipinski definition) is 4. The smallest absolute Gasteiger partial charge is 0.236 e. The van der Waals surface area contributed by atoms with Crippen molar-refractivity contribution in [1.82, 2.24) is 5.32 Å². The van der Waals surface area contributed by atoms with E-state index in [0.29, 0.717) is 12.3 Å². The number of carbonyl (C=O) groups excluding carboxylic acids is 1. The number of amides is 1. The van der Waals surface area contributed by atoms with E-state index in [1.165, 1.54) is 0 Å². The second-order valence-electron chi connectivity index (χ2n) is 4.80. The molecule has 0 aromatic heterocycles. The predicted molar refractivity (Wildman–Crippen MR) is 72.1 cm³/mol. The molecule has 1 heterocycles. The van der Waals surface area contributed by atoms with E-state index in [-0.39, 0.29) is 10.7 Å². The first-order valence-corrected chi connectivity index (χ1v) is 7.91. The van der Waals surface area contributed by atoms with Gasteiger partial charge >= 0.3 is 0 Å². The molecule has 1 saturated heterocycles. The maximum atomic E-state index is 12.0. The molecule has 3 nitrogen and oxygen atoms in total. The normalized spacial score (nSPS) is 28.8. The van der Waals surface area contributed by atoms with Crippen LogP contribution < -0.4 is 5.32 Å². The highest BCUT2D eigenvalue weighted by Gasteiger charge is 2.37. The van der Waals surface area contributed by atoms with E-state index in [2.05, 4.69) is 5.32 Å². The van der Waals surface area contributed by atoms with Crippen LogP contribution in [0.15, 0.2) is 0 Å². The molecule has 0 aliphatic carbocycles. The van der Waals surface area contributed by atoms with Gasteiger partial charge in [-0.1, -0.05) is 0 Å². The van der Waals surface area contributed by atoms with Gasteiger partial charge in [-0.15, -0.1) is 11.8 Å². The number of hydrogen-bond donors (Lipinski definition) is 2. The van der Waals surface area contributed by atoms with Crippen LogP contribution in [0.25, 0.3) is 0 Å². The van der Waals surface area contributed by atoms with Crippen molar-refractivity contribution in [2.24, 2.45) is 0 Å². The molecule has 0 saturated carbocycles. The van der Waals surface area contributed by atoms with E-state index >= 15 is 0 Å². The predicted octanol–water partition coefficient (Wildman–Crippen LogP) is 1.50. The minimum atomic E-state index is -0.811.